The van der Waals surface area contributed by atoms with Crippen LogP contribution in [-0.2, 0) is 5.41 Å². The summed E-state index contributed by atoms with van der Waals surface area (Å²) in [5.41, 5.74) is 13.7. The number of hydrogen-bond acceptors (Lipinski definition) is 4. The van der Waals surface area contributed by atoms with Crippen molar-refractivity contribution in [3.63, 3.8) is 0 Å². The molecule has 0 saturated carbocycles. The fourth-order valence-corrected chi connectivity index (χ4v) is 9.67. The molecule has 5 aromatic carbocycles. The summed E-state index contributed by atoms with van der Waals surface area (Å²) >= 11 is 2.01. The second-order valence-electron chi connectivity index (χ2n) is 13.3. The van der Waals surface area contributed by atoms with Crippen LogP contribution < -0.4 is 0 Å². The van der Waals surface area contributed by atoms with Crippen molar-refractivity contribution in [1.82, 2.24) is 15.0 Å². The average molecular weight is 660 g/mol. The lowest BCUT2D eigenvalue weighted by atomic mass is 9.63. The van der Waals surface area contributed by atoms with Gasteiger partial charge in [-0.05, 0) is 81.2 Å². The van der Waals surface area contributed by atoms with Crippen LogP contribution >= 0.6 is 11.8 Å². The van der Waals surface area contributed by atoms with Crippen molar-refractivity contribution in [2.75, 3.05) is 0 Å². The molecule has 0 radical (unpaired) electrons. The Morgan fingerprint density at radius 1 is 0.480 bits per heavy atom. The SMILES string of the molecule is C1=CC2=C(CC1)SC1=C(CCC=C1)C21c2ccccc2-c2ccc(-c3ccc(-c4nc(-c5ccccc5)nc(-c5ccccc5)n4)cc3)cc21. The number of hydrogen-bond donors (Lipinski definition) is 0. The van der Waals surface area contributed by atoms with Crippen LogP contribution in [0.25, 0.3) is 56.4 Å². The average Bonchev–Trinajstić information content (AvgIpc) is 3.48. The third-order valence-corrected chi connectivity index (χ3v) is 11.8. The Hall–Kier alpha value is -5.58. The van der Waals surface area contributed by atoms with Crippen molar-refractivity contribution in [1.29, 1.82) is 0 Å². The molecule has 1 unspecified atom stereocenters. The Morgan fingerprint density at radius 3 is 1.76 bits per heavy atom. The second kappa shape index (κ2) is 11.8. The maximum absolute atomic E-state index is 4.96. The van der Waals surface area contributed by atoms with Crippen LogP contribution in [-0.4, -0.2) is 15.0 Å². The predicted molar refractivity (Wildman–Crippen MR) is 206 cm³/mol. The first kappa shape index (κ1) is 29.3. The van der Waals surface area contributed by atoms with Gasteiger partial charge in [0.15, 0.2) is 17.5 Å². The highest BCUT2D eigenvalue weighted by molar-refractivity contribution is 8.07. The first-order valence-corrected chi connectivity index (χ1v) is 18.3. The molecule has 4 aliphatic rings. The Bertz CT molecular complexity index is 2380. The van der Waals surface area contributed by atoms with Crippen LogP contribution in [0, 0.1) is 0 Å². The van der Waals surface area contributed by atoms with E-state index in [4.69, 9.17) is 15.0 Å². The number of allylic oxidation sites excluding steroid dienone is 7. The van der Waals surface area contributed by atoms with Gasteiger partial charge in [-0.2, -0.15) is 0 Å². The van der Waals surface area contributed by atoms with Gasteiger partial charge < -0.3 is 0 Å². The molecule has 1 spiro atoms. The van der Waals surface area contributed by atoms with Gasteiger partial charge in [-0.1, -0.05) is 157 Å². The third kappa shape index (κ3) is 4.55. The van der Waals surface area contributed by atoms with Crippen molar-refractivity contribution in [3.05, 3.63) is 184 Å². The molecule has 0 N–H and O–H groups in total. The normalized spacial score (nSPS) is 18.6. The molecule has 0 bridgehead atoms. The van der Waals surface area contributed by atoms with Crippen molar-refractivity contribution in [2.45, 2.75) is 31.1 Å². The smallest absolute Gasteiger partial charge is 0.164 e. The minimum Gasteiger partial charge on any atom is -0.208 e. The summed E-state index contributed by atoms with van der Waals surface area (Å²) in [5, 5.41) is 0. The van der Waals surface area contributed by atoms with E-state index in [1.54, 1.807) is 5.57 Å². The van der Waals surface area contributed by atoms with Crippen LogP contribution in [0.5, 0.6) is 0 Å². The second-order valence-corrected chi connectivity index (χ2v) is 14.5. The van der Waals surface area contributed by atoms with Crippen LogP contribution in [0.3, 0.4) is 0 Å². The molecule has 0 saturated heterocycles. The highest BCUT2D eigenvalue weighted by atomic mass is 32.2. The Morgan fingerprint density at radius 2 is 1.04 bits per heavy atom. The molecule has 1 atom stereocenters. The Balaban J connectivity index is 1.10. The highest BCUT2D eigenvalue weighted by Gasteiger charge is 2.51. The summed E-state index contributed by atoms with van der Waals surface area (Å²) in [7, 11) is 0. The van der Waals surface area contributed by atoms with Crippen LogP contribution in [0.4, 0.5) is 0 Å². The summed E-state index contributed by atoms with van der Waals surface area (Å²) in [6, 6.07) is 45.3. The molecular formula is C46H33N3S. The number of rotatable bonds is 4. The van der Waals surface area contributed by atoms with E-state index in [1.807, 2.05) is 72.4 Å². The lowest BCUT2D eigenvalue weighted by molar-refractivity contribution is 0.675. The van der Waals surface area contributed by atoms with E-state index in [0.717, 1.165) is 42.4 Å². The minimum absolute atomic E-state index is 0.258. The van der Waals surface area contributed by atoms with Crippen LogP contribution in [0.1, 0.15) is 36.8 Å². The minimum atomic E-state index is -0.258. The summed E-state index contributed by atoms with van der Waals surface area (Å²) < 4.78 is 0. The largest absolute Gasteiger partial charge is 0.208 e. The molecular weight excluding hydrogens is 627 g/mol. The van der Waals surface area contributed by atoms with Gasteiger partial charge in [-0.25, -0.2) is 15.0 Å². The van der Waals surface area contributed by atoms with Gasteiger partial charge in [0.1, 0.15) is 0 Å². The molecule has 3 nitrogen and oxygen atoms in total. The van der Waals surface area contributed by atoms with Crippen molar-refractivity contribution in [2.24, 2.45) is 0 Å². The van der Waals surface area contributed by atoms with Crippen molar-refractivity contribution >= 4 is 11.8 Å². The first-order chi connectivity index (χ1) is 24.8. The van der Waals surface area contributed by atoms with Gasteiger partial charge in [0, 0.05) is 21.6 Å². The van der Waals surface area contributed by atoms with E-state index in [9.17, 15) is 0 Å². The summed E-state index contributed by atoms with van der Waals surface area (Å²) in [5.74, 6) is 2.01. The summed E-state index contributed by atoms with van der Waals surface area (Å²) in [6.07, 6.45) is 14.0. The van der Waals surface area contributed by atoms with Gasteiger partial charge >= 0.3 is 0 Å². The molecule has 50 heavy (non-hydrogen) atoms. The lowest BCUT2D eigenvalue weighted by Gasteiger charge is -2.44. The zero-order valence-electron chi connectivity index (χ0n) is 27.5. The molecule has 3 aliphatic carbocycles. The zero-order valence-corrected chi connectivity index (χ0v) is 28.3. The maximum Gasteiger partial charge on any atom is 0.164 e. The van der Waals surface area contributed by atoms with E-state index < -0.39 is 0 Å². The molecule has 4 heteroatoms. The topological polar surface area (TPSA) is 38.7 Å². The summed E-state index contributed by atoms with van der Waals surface area (Å²) in [6.45, 7) is 0. The van der Waals surface area contributed by atoms with E-state index >= 15 is 0 Å². The van der Waals surface area contributed by atoms with Gasteiger partial charge in [0.25, 0.3) is 0 Å². The molecule has 10 rings (SSSR count). The standard InChI is InChI=1S/C46H33N3S/c1-3-13-31(14-4-1)43-47-44(32-15-5-2-6-16-32)49-45(48-43)33-25-23-30(24-26-33)34-27-28-36-35-17-7-8-18-37(35)46(40(36)29-34)38-19-9-11-21-41(38)50-42-22-12-10-20-39(42)46/h1-9,12-19,22-29H,10-11,20-21H2. The van der Waals surface area contributed by atoms with E-state index in [0.29, 0.717) is 17.5 Å². The van der Waals surface area contributed by atoms with Crippen LogP contribution in [0.2, 0.25) is 0 Å². The molecule has 0 fully saturated rings. The van der Waals surface area contributed by atoms with Crippen molar-refractivity contribution < 1.29 is 0 Å². The van der Waals surface area contributed by atoms with Crippen LogP contribution in [0.15, 0.2) is 173 Å². The molecule has 6 aromatic rings. The Kier molecular flexibility index (Phi) is 6.92. The Labute approximate surface area is 296 Å². The van der Waals surface area contributed by atoms with E-state index in [2.05, 4.69) is 91.0 Å². The molecule has 0 amide bonds. The van der Waals surface area contributed by atoms with Gasteiger partial charge in [-0.3, -0.25) is 0 Å². The fraction of sp³-hybridized carbons (Fsp3) is 0.109. The van der Waals surface area contributed by atoms with Gasteiger partial charge in [0.2, 0.25) is 0 Å². The molecule has 1 aromatic heterocycles. The quantitative estimate of drug-likeness (QED) is 0.189. The van der Waals surface area contributed by atoms with E-state index in [1.165, 1.54) is 48.8 Å². The maximum atomic E-state index is 4.96. The molecule has 238 valence electrons. The number of benzene rings is 5. The fourth-order valence-electron chi connectivity index (χ4n) is 8.31. The first-order valence-electron chi connectivity index (χ1n) is 17.5. The summed E-state index contributed by atoms with van der Waals surface area (Å²) in [4.78, 5) is 17.8. The lowest BCUT2D eigenvalue weighted by Crippen LogP contribution is -2.34. The highest BCUT2D eigenvalue weighted by Crippen LogP contribution is 2.64. The number of fused-ring (bicyclic) bond motifs is 7. The molecule has 2 heterocycles. The monoisotopic (exact) mass is 659 g/mol. The third-order valence-electron chi connectivity index (χ3n) is 10.6. The molecule has 1 aliphatic heterocycles. The number of nitrogens with zero attached hydrogens (tertiary/aromatic N) is 3. The van der Waals surface area contributed by atoms with Gasteiger partial charge in [-0.15, -0.1) is 0 Å². The number of thioether (sulfide) groups is 1. The zero-order chi connectivity index (χ0) is 33.1. The predicted octanol–water partition coefficient (Wildman–Crippen LogP) is 11.8. The van der Waals surface area contributed by atoms with E-state index in [-0.39, 0.29) is 5.41 Å². The van der Waals surface area contributed by atoms with Crippen molar-refractivity contribution in [3.8, 4) is 56.4 Å². The van der Waals surface area contributed by atoms with Gasteiger partial charge in [0.05, 0.1) is 5.41 Å². The number of aromatic nitrogens is 3.